The molecule has 0 atom stereocenters. The summed E-state index contributed by atoms with van der Waals surface area (Å²) in [7, 11) is 0. The number of benzene rings is 3. The summed E-state index contributed by atoms with van der Waals surface area (Å²) in [6.07, 6.45) is 5.46. The van der Waals surface area contributed by atoms with E-state index in [0.717, 1.165) is 16.3 Å². The van der Waals surface area contributed by atoms with Crippen molar-refractivity contribution in [2.45, 2.75) is 0 Å². The number of rotatable bonds is 5. The predicted molar refractivity (Wildman–Crippen MR) is 128 cm³/mol. The molecule has 4 nitrogen and oxygen atoms in total. The molecule has 1 heterocycles. The summed E-state index contributed by atoms with van der Waals surface area (Å²) in [5, 5.41) is 4.88. The van der Waals surface area contributed by atoms with Crippen molar-refractivity contribution >= 4 is 62.7 Å². The number of hydrogen-bond donors (Lipinski definition) is 1. The Labute approximate surface area is 184 Å². The minimum absolute atomic E-state index is 0.117. The minimum Gasteiger partial charge on any atom is -0.324 e. The molecule has 2 amide bonds. The average Bonchev–Trinajstić information content (AvgIpc) is 3.02. The number of carbonyl (C=O) groups is 2. The van der Waals surface area contributed by atoms with E-state index < -0.39 is 0 Å². The maximum absolute atomic E-state index is 12.7. The van der Waals surface area contributed by atoms with Gasteiger partial charge >= 0.3 is 0 Å². The van der Waals surface area contributed by atoms with Crippen LogP contribution in [0.1, 0.15) is 5.56 Å². The molecular formula is C24H18N2O2S2. The molecule has 0 spiro atoms. The van der Waals surface area contributed by atoms with Gasteiger partial charge in [-0.1, -0.05) is 103 Å². The third kappa shape index (κ3) is 4.50. The fourth-order valence-corrected chi connectivity index (χ4v) is 4.34. The van der Waals surface area contributed by atoms with E-state index in [-0.39, 0.29) is 18.4 Å². The number of hydrogen-bond acceptors (Lipinski definition) is 4. The van der Waals surface area contributed by atoms with Gasteiger partial charge in [0.2, 0.25) is 5.91 Å². The van der Waals surface area contributed by atoms with Gasteiger partial charge in [0, 0.05) is 11.1 Å². The Balaban J connectivity index is 1.43. The largest absolute Gasteiger partial charge is 0.324 e. The highest BCUT2D eigenvalue weighted by atomic mass is 32.2. The Morgan fingerprint density at radius 2 is 1.73 bits per heavy atom. The number of nitrogens with zero attached hydrogens (tertiary/aromatic N) is 1. The third-order valence-electron chi connectivity index (χ3n) is 4.57. The van der Waals surface area contributed by atoms with E-state index in [1.54, 1.807) is 6.08 Å². The van der Waals surface area contributed by atoms with Crippen LogP contribution in [-0.4, -0.2) is 27.6 Å². The molecule has 1 aliphatic rings. The summed E-state index contributed by atoms with van der Waals surface area (Å²) in [4.78, 5) is 27.1. The number of fused-ring (bicyclic) bond motifs is 1. The van der Waals surface area contributed by atoms with Crippen molar-refractivity contribution in [3.05, 3.63) is 95.4 Å². The lowest BCUT2D eigenvalue weighted by Crippen LogP contribution is -2.36. The average molecular weight is 431 g/mol. The van der Waals surface area contributed by atoms with Gasteiger partial charge in [-0.15, -0.1) is 0 Å². The topological polar surface area (TPSA) is 49.4 Å². The van der Waals surface area contributed by atoms with E-state index in [1.165, 1.54) is 16.7 Å². The van der Waals surface area contributed by atoms with Crippen LogP contribution >= 0.6 is 24.0 Å². The summed E-state index contributed by atoms with van der Waals surface area (Å²) in [5.74, 6) is -0.542. The maximum Gasteiger partial charge on any atom is 0.266 e. The minimum atomic E-state index is -0.288. The molecule has 3 aromatic carbocycles. The summed E-state index contributed by atoms with van der Waals surface area (Å²) in [6.45, 7) is -0.117. The van der Waals surface area contributed by atoms with Gasteiger partial charge in [0.05, 0.1) is 4.91 Å². The van der Waals surface area contributed by atoms with Crippen LogP contribution < -0.4 is 5.32 Å². The van der Waals surface area contributed by atoms with E-state index in [4.69, 9.17) is 12.2 Å². The van der Waals surface area contributed by atoms with Gasteiger partial charge in [-0.05, 0) is 23.1 Å². The highest BCUT2D eigenvalue weighted by molar-refractivity contribution is 8.26. The first-order valence-electron chi connectivity index (χ1n) is 9.36. The van der Waals surface area contributed by atoms with Gasteiger partial charge in [-0.3, -0.25) is 14.5 Å². The van der Waals surface area contributed by atoms with Gasteiger partial charge < -0.3 is 5.32 Å². The highest BCUT2D eigenvalue weighted by Gasteiger charge is 2.33. The van der Waals surface area contributed by atoms with E-state index in [2.05, 4.69) is 5.32 Å². The van der Waals surface area contributed by atoms with Crippen molar-refractivity contribution in [2.75, 3.05) is 11.9 Å². The van der Waals surface area contributed by atoms with Gasteiger partial charge in [0.15, 0.2) is 0 Å². The molecule has 0 radical (unpaired) electrons. The maximum atomic E-state index is 12.7. The smallest absolute Gasteiger partial charge is 0.266 e. The number of nitrogens with one attached hydrogen (secondary N) is 1. The zero-order chi connectivity index (χ0) is 20.9. The molecule has 0 saturated carbocycles. The Hall–Kier alpha value is -3.22. The molecule has 0 aliphatic carbocycles. The zero-order valence-corrected chi connectivity index (χ0v) is 17.6. The Morgan fingerprint density at radius 1 is 1.00 bits per heavy atom. The van der Waals surface area contributed by atoms with Crippen molar-refractivity contribution in [1.29, 1.82) is 0 Å². The molecule has 4 rings (SSSR count). The second-order valence-corrected chi connectivity index (χ2v) is 8.31. The van der Waals surface area contributed by atoms with Crippen LogP contribution in [-0.2, 0) is 9.59 Å². The van der Waals surface area contributed by atoms with Crippen LogP contribution in [0, 0.1) is 0 Å². The number of allylic oxidation sites excluding steroid dienone is 2. The molecule has 6 heteroatoms. The van der Waals surface area contributed by atoms with Gasteiger partial charge in [-0.25, -0.2) is 0 Å². The Bertz CT molecular complexity index is 1180. The lowest BCUT2D eigenvalue weighted by molar-refractivity contribution is -0.126. The summed E-state index contributed by atoms with van der Waals surface area (Å²) in [5.41, 5.74) is 1.75. The van der Waals surface area contributed by atoms with E-state index >= 15 is 0 Å². The van der Waals surface area contributed by atoms with Crippen LogP contribution in [0.25, 0.3) is 16.8 Å². The number of thioether (sulfide) groups is 1. The monoisotopic (exact) mass is 430 g/mol. The number of thiocarbonyl (C=S) groups is 1. The molecule has 1 aliphatic heterocycles. The van der Waals surface area contributed by atoms with Crippen molar-refractivity contribution in [2.24, 2.45) is 0 Å². The molecule has 3 aromatic rings. The first-order valence-corrected chi connectivity index (χ1v) is 10.6. The van der Waals surface area contributed by atoms with Crippen molar-refractivity contribution < 1.29 is 9.59 Å². The Kier molecular flexibility index (Phi) is 6.07. The molecule has 30 heavy (non-hydrogen) atoms. The van der Waals surface area contributed by atoms with Crippen molar-refractivity contribution in [3.63, 3.8) is 0 Å². The van der Waals surface area contributed by atoms with Gasteiger partial charge in [0.1, 0.15) is 10.9 Å². The Morgan fingerprint density at radius 3 is 2.57 bits per heavy atom. The lowest BCUT2D eigenvalue weighted by atomic mass is 10.1. The number of carbonyl (C=O) groups excluding carboxylic acids is 2. The van der Waals surface area contributed by atoms with Crippen LogP contribution in [0.5, 0.6) is 0 Å². The standard InChI is InChI=1S/C24H18N2O2S2/c27-22(25-20-14-7-12-18-11-4-5-13-19(18)20)16-26-23(28)21(30-24(26)29)15-6-10-17-8-2-1-3-9-17/h1-15H,16H2,(H,25,27)/b10-6+,21-15+. The normalized spacial score (nSPS) is 15.5. The fraction of sp³-hybridized carbons (Fsp3) is 0.0417. The second-order valence-electron chi connectivity index (χ2n) is 6.63. The molecule has 0 aromatic heterocycles. The molecule has 1 N–H and O–H groups in total. The quantitative estimate of drug-likeness (QED) is 0.444. The van der Waals surface area contributed by atoms with Crippen LogP contribution in [0.15, 0.2) is 89.9 Å². The van der Waals surface area contributed by atoms with Crippen LogP contribution in [0.4, 0.5) is 5.69 Å². The van der Waals surface area contributed by atoms with E-state index in [9.17, 15) is 9.59 Å². The number of anilines is 1. The first kappa shape index (κ1) is 20.1. The fourth-order valence-electron chi connectivity index (χ4n) is 3.13. The van der Waals surface area contributed by atoms with Gasteiger partial charge in [0.25, 0.3) is 5.91 Å². The molecule has 0 unspecified atom stereocenters. The van der Waals surface area contributed by atoms with Crippen molar-refractivity contribution in [1.82, 2.24) is 4.90 Å². The van der Waals surface area contributed by atoms with Gasteiger partial charge in [-0.2, -0.15) is 0 Å². The van der Waals surface area contributed by atoms with E-state index in [0.29, 0.717) is 14.9 Å². The highest BCUT2D eigenvalue weighted by Crippen LogP contribution is 2.31. The molecule has 148 valence electrons. The third-order valence-corrected chi connectivity index (χ3v) is 5.97. The molecule has 0 bridgehead atoms. The number of amides is 2. The van der Waals surface area contributed by atoms with Crippen LogP contribution in [0.2, 0.25) is 0 Å². The zero-order valence-electron chi connectivity index (χ0n) is 15.9. The summed E-state index contributed by atoms with van der Waals surface area (Å²) >= 11 is 6.53. The molecule has 1 fully saturated rings. The second kappa shape index (κ2) is 9.07. The molecule has 1 saturated heterocycles. The first-order chi connectivity index (χ1) is 14.6. The summed E-state index contributed by atoms with van der Waals surface area (Å²) < 4.78 is 0.382. The summed E-state index contributed by atoms with van der Waals surface area (Å²) in [6, 6.07) is 23.3. The van der Waals surface area contributed by atoms with Crippen LogP contribution in [0.3, 0.4) is 0 Å². The lowest BCUT2D eigenvalue weighted by Gasteiger charge is -2.15. The predicted octanol–water partition coefficient (Wildman–Crippen LogP) is 5.24. The van der Waals surface area contributed by atoms with Crippen molar-refractivity contribution in [3.8, 4) is 0 Å². The molecular weight excluding hydrogens is 412 g/mol. The van der Waals surface area contributed by atoms with E-state index in [1.807, 2.05) is 84.9 Å². The SMILES string of the molecule is O=C(CN1C(=O)/C(=C\C=C\c2ccccc2)SC1=S)Nc1cccc2ccccc12.